The van der Waals surface area contributed by atoms with Crippen LogP contribution in [0.25, 0.3) is 11.1 Å². The van der Waals surface area contributed by atoms with E-state index in [0.29, 0.717) is 11.1 Å². The molecule has 4 aromatic rings. The van der Waals surface area contributed by atoms with Crippen molar-refractivity contribution >= 4 is 17.4 Å². The smallest absolute Gasteiger partial charge is 0.250 e. The molecule has 1 spiro atoms. The number of ketones is 1. The van der Waals surface area contributed by atoms with E-state index in [-0.39, 0.29) is 29.2 Å². The highest BCUT2D eigenvalue weighted by atomic mass is 19.1. The van der Waals surface area contributed by atoms with Gasteiger partial charge in [0.05, 0.1) is 5.92 Å². The quantitative estimate of drug-likeness (QED) is 0.292. The highest BCUT2D eigenvalue weighted by Gasteiger charge is 2.69. The van der Waals surface area contributed by atoms with Crippen molar-refractivity contribution in [2.75, 3.05) is 11.9 Å². The van der Waals surface area contributed by atoms with Crippen LogP contribution in [0.1, 0.15) is 45.8 Å². The van der Waals surface area contributed by atoms with Crippen molar-refractivity contribution in [3.05, 3.63) is 125 Å². The highest BCUT2D eigenvalue weighted by Crippen LogP contribution is 2.61. The number of para-hydroxylation sites is 1. The van der Waals surface area contributed by atoms with Crippen LogP contribution in [0.5, 0.6) is 0 Å². The molecule has 3 aliphatic heterocycles. The van der Waals surface area contributed by atoms with Crippen molar-refractivity contribution in [1.82, 2.24) is 4.90 Å². The Hall–Kier alpha value is -4.16. The van der Waals surface area contributed by atoms with Gasteiger partial charge in [-0.3, -0.25) is 14.5 Å². The first kappa shape index (κ1) is 24.9. The third kappa shape index (κ3) is 3.52. The van der Waals surface area contributed by atoms with Crippen LogP contribution in [0.2, 0.25) is 0 Å². The average Bonchev–Trinajstić information content (AvgIpc) is 3.62. The molecule has 0 saturated carbocycles. The predicted molar refractivity (Wildman–Crippen MR) is 150 cm³/mol. The molecular weight excluding hydrogens is 506 g/mol. The maximum absolute atomic E-state index is 14.7. The molecule has 0 aliphatic carbocycles. The Bertz CT molecular complexity index is 1650. The molecule has 2 saturated heterocycles. The number of fused-ring (bicyclic) bond motifs is 4. The van der Waals surface area contributed by atoms with Gasteiger partial charge in [-0.05, 0) is 55.6 Å². The molecule has 6 heteroatoms. The summed E-state index contributed by atoms with van der Waals surface area (Å²) in [5, 5.41) is 3.10. The van der Waals surface area contributed by atoms with Gasteiger partial charge in [0.2, 0.25) is 5.91 Å². The van der Waals surface area contributed by atoms with Gasteiger partial charge < -0.3 is 5.32 Å². The minimum absolute atomic E-state index is 0.0427. The Labute approximate surface area is 231 Å². The maximum atomic E-state index is 14.7. The number of Topliss-reactive ketones (excluding diaryl/α,β-unsaturated/α-hetero) is 1. The summed E-state index contributed by atoms with van der Waals surface area (Å²) in [6.07, 6.45) is 1.87. The number of nitrogens with one attached hydrogen (secondary N) is 1. The lowest BCUT2D eigenvalue weighted by Crippen LogP contribution is -2.52. The van der Waals surface area contributed by atoms with Gasteiger partial charge in [-0.2, -0.15) is 0 Å². The van der Waals surface area contributed by atoms with Gasteiger partial charge in [0.25, 0.3) is 0 Å². The fraction of sp³-hybridized carbons (Fsp3) is 0.235. The molecule has 1 N–H and O–H groups in total. The molecule has 7 rings (SSSR count). The minimum atomic E-state index is -1.12. The van der Waals surface area contributed by atoms with Crippen LogP contribution in [-0.4, -0.2) is 29.2 Å². The molecular formula is C34H28F2N2O2. The largest absolute Gasteiger partial charge is 0.324 e. The van der Waals surface area contributed by atoms with Crippen LogP contribution in [0, 0.1) is 24.5 Å². The molecule has 0 radical (unpaired) electrons. The number of benzene rings is 4. The van der Waals surface area contributed by atoms with Gasteiger partial charge in [-0.15, -0.1) is 0 Å². The van der Waals surface area contributed by atoms with Gasteiger partial charge in [-0.25, -0.2) is 8.78 Å². The summed E-state index contributed by atoms with van der Waals surface area (Å²) in [7, 11) is 0. The highest BCUT2D eigenvalue weighted by molar-refractivity contribution is 6.12. The number of halogens is 2. The fourth-order valence-corrected chi connectivity index (χ4v) is 7.40. The van der Waals surface area contributed by atoms with Crippen LogP contribution in [0.15, 0.2) is 91.0 Å². The average molecular weight is 535 g/mol. The number of anilines is 1. The zero-order valence-corrected chi connectivity index (χ0v) is 22.0. The molecule has 4 aromatic carbocycles. The maximum Gasteiger partial charge on any atom is 0.250 e. The summed E-state index contributed by atoms with van der Waals surface area (Å²) in [6.45, 7) is 2.78. The predicted octanol–water partition coefficient (Wildman–Crippen LogP) is 6.85. The molecule has 1 amide bonds. The fourth-order valence-electron chi connectivity index (χ4n) is 7.40. The van der Waals surface area contributed by atoms with Gasteiger partial charge in [0.1, 0.15) is 17.2 Å². The van der Waals surface area contributed by atoms with Gasteiger partial charge >= 0.3 is 0 Å². The molecule has 4 unspecified atom stereocenters. The molecule has 4 atom stereocenters. The third-order valence-electron chi connectivity index (χ3n) is 9.06. The first-order chi connectivity index (χ1) is 19.4. The summed E-state index contributed by atoms with van der Waals surface area (Å²) in [6, 6.07) is 26.3. The molecule has 0 bridgehead atoms. The Balaban J connectivity index is 1.38. The van der Waals surface area contributed by atoms with Crippen LogP contribution >= 0.6 is 0 Å². The van der Waals surface area contributed by atoms with E-state index in [4.69, 9.17) is 0 Å². The van der Waals surface area contributed by atoms with Crippen molar-refractivity contribution in [2.45, 2.75) is 37.3 Å². The van der Waals surface area contributed by atoms with Crippen LogP contribution in [0.4, 0.5) is 14.5 Å². The summed E-state index contributed by atoms with van der Waals surface area (Å²) in [5.41, 5.74) is 3.95. The van der Waals surface area contributed by atoms with Crippen molar-refractivity contribution in [2.24, 2.45) is 5.92 Å². The Morgan fingerprint density at radius 3 is 2.45 bits per heavy atom. The zero-order valence-electron chi connectivity index (χ0n) is 22.0. The number of aryl methyl sites for hydroxylation is 1. The molecule has 200 valence electrons. The number of hydrogen-bond acceptors (Lipinski definition) is 3. The third-order valence-corrected chi connectivity index (χ3v) is 9.06. The lowest BCUT2D eigenvalue weighted by Gasteiger charge is -2.37. The number of amides is 1. The molecule has 0 aromatic heterocycles. The van der Waals surface area contributed by atoms with E-state index in [0.717, 1.165) is 47.8 Å². The second-order valence-corrected chi connectivity index (χ2v) is 11.1. The van der Waals surface area contributed by atoms with E-state index in [1.807, 2.05) is 31.2 Å². The summed E-state index contributed by atoms with van der Waals surface area (Å²) in [5.74, 6) is -2.40. The van der Waals surface area contributed by atoms with E-state index < -0.39 is 23.1 Å². The monoisotopic (exact) mass is 534 g/mol. The summed E-state index contributed by atoms with van der Waals surface area (Å²) < 4.78 is 27.9. The number of nitrogens with zero attached hydrogens (tertiary/aromatic N) is 1. The Morgan fingerprint density at radius 1 is 0.950 bits per heavy atom. The Morgan fingerprint density at radius 2 is 1.70 bits per heavy atom. The molecule has 40 heavy (non-hydrogen) atoms. The van der Waals surface area contributed by atoms with Crippen molar-refractivity contribution < 1.29 is 18.4 Å². The second-order valence-electron chi connectivity index (χ2n) is 11.1. The molecule has 2 fully saturated rings. The van der Waals surface area contributed by atoms with Gasteiger partial charge in [0.15, 0.2) is 5.78 Å². The van der Waals surface area contributed by atoms with Crippen LogP contribution < -0.4 is 5.32 Å². The van der Waals surface area contributed by atoms with Crippen molar-refractivity contribution in [3.63, 3.8) is 0 Å². The Kier molecular flexibility index (Phi) is 5.72. The van der Waals surface area contributed by atoms with E-state index in [1.54, 1.807) is 24.3 Å². The lowest BCUT2D eigenvalue weighted by atomic mass is 9.68. The van der Waals surface area contributed by atoms with E-state index in [1.165, 1.54) is 12.1 Å². The standard InChI is InChI=1S/C34H28F2N2O2/c1-20-8-10-22(11-9-20)30-29-7-4-18-38(29)34(26-5-2-3-6-28(26)37-33(34)40)31(30)32(39)23-14-12-21(13-15-23)25-17-16-24(35)19-27(25)36/h2-3,5-6,8-17,19,29-31H,4,7,18H2,1H3,(H,37,40). The number of carbonyl (C=O) groups excluding carboxylic acids is 2. The van der Waals surface area contributed by atoms with E-state index >= 15 is 0 Å². The second kappa shape index (κ2) is 9.20. The number of carbonyl (C=O) groups is 2. The van der Waals surface area contributed by atoms with Gasteiger partial charge in [-0.1, -0.05) is 72.3 Å². The summed E-state index contributed by atoms with van der Waals surface area (Å²) >= 11 is 0. The van der Waals surface area contributed by atoms with E-state index in [9.17, 15) is 18.4 Å². The normalized spacial score (nSPS) is 25.2. The first-order valence-electron chi connectivity index (χ1n) is 13.7. The number of hydrogen-bond donors (Lipinski definition) is 1. The lowest BCUT2D eigenvalue weighted by molar-refractivity contribution is -0.127. The van der Waals surface area contributed by atoms with Crippen LogP contribution in [0.3, 0.4) is 0 Å². The number of rotatable bonds is 4. The minimum Gasteiger partial charge on any atom is -0.324 e. The van der Waals surface area contributed by atoms with Gasteiger partial charge in [0, 0.05) is 40.4 Å². The zero-order chi connectivity index (χ0) is 27.6. The first-order valence-corrected chi connectivity index (χ1v) is 13.7. The molecule has 3 aliphatic rings. The molecule has 4 nitrogen and oxygen atoms in total. The van der Waals surface area contributed by atoms with Crippen molar-refractivity contribution in [3.8, 4) is 11.1 Å². The molecule has 3 heterocycles. The van der Waals surface area contributed by atoms with E-state index in [2.05, 4.69) is 34.5 Å². The van der Waals surface area contributed by atoms with Crippen LogP contribution in [-0.2, 0) is 10.3 Å². The topological polar surface area (TPSA) is 49.4 Å². The van der Waals surface area contributed by atoms with Crippen molar-refractivity contribution in [1.29, 1.82) is 0 Å². The SMILES string of the molecule is Cc1ccc(C2C3CCCN3C3(C(=O)Nc4ccccc43)C2C(=O)c2ccc(-c3ccc(F)cc3F)cc2)cc1. The summed E-state index contributed by atoms with van der Waals surface area (Å²) in [4.78, 5) is 31.1.